The van der Waals surface area contributed by atoms with Crippen molar-refractivity contribution in [1.29, 1.82) is 0 Å². The molecule has 1 N–H and O–H groups in total. The van der Waals surface area contributed by atoms with E-state index in [2.05, 4.69) is 10.3 Å². The molecule has 0 radical (unpaired) electrons. The Balaban J connectivity index is 1.57. The van der Waals surface area contributed by atoms with Crippen LogP contribution in [0.15, 0.2) is 24.4 Å². The van der Waals surface area contributed by atoms with Crippen molar-refractivity contribution in [3.63, 3.8) is 0 Å². The molecular formula is C14H18N2O3. The molecule has 2 heterocycles. The maximum atomic E-state index is 12.0. The lowest BCUT2D eigenvalue weighted by Gasteiger charge is -2.39. The van der Waals surface area contributed by atoms with Crippen LogP contribution in [0.2, 0.25) is 0 Å². The molecule has 2 aliphatic rings. The molecule has 1 aromatic heterocycles. The molecule has 3 atom stereocenters. The first-order valence-electron chi connectivity index (χ1n) is 6.78. The number of nitrogens with one attached hydrogen (secondary N) is 1. The van der Waals surface area contributed by atoms with Gasteiger partial charge in [-0.05, 0) is 31.4 Å². The largest absolute Gasteiger partial charge is 0.373 e. The van der Waals surface area contributed by atoms with Gasteiger partial charge < -0.3 is 14.8 Å². The summed E-state index contributed by atoms with van der Waals surface area (Å²) < 4.78 is 11.4. The molecule has 0 bridgehead atoms. The molecule has 1 saturated carbocycles. The molecule has 3 unspecified atom stereocenters. The van der Waals surface area contributed by atoms with Crippen LogP contribution in [0.5, 0.6) is 0 Å². The van der Waals surface area contributed by atoms with E-state index in [0.29, 0.717) is 18.9 Å². The summed E-state index contributed by atoms with van der Waals surface area (Å²) in [6, 6.07) is 5.49. The highest BCUT2D eigenvalue weighted by Crippen LogP contribution is 2.26. The van der Waals surface area contributed by atoms with Crippen molar-refractivity contribution in [3.8, 4) is 0 Å². The average molecular weight is 262 g/mol. The van der Waals surface area contributed by atoms with Gasteiger partial charge in [-0.2, -0.15) is 0 Å². The predicted molar refractivity (Wildman–Crippen MR) is 68.8 cm³/mol. The minimum absolute atomic E-state index is 0.110. The summed E-state index contributed by atoms with van der Waals surface area (Å²) in [6.45, 7) is 1.34. The van der Waals surface area contributed by atoms with Crippen LogP contribution < -0.4 is 5.32 Å². The van der Waals surface area contributed by atoms with Crippen molar-refractivity contribution < 1.29 is 14.3 Å². The van der Waals surface area contributed by atoms with Crippen molar-refractivity contribution in [2.24, 2.45) is 0 Å². The Hall–Kier alpha value is -1.46. The second-order valence-corrected chi connectivity index (χ2v) is 5.02. The third kappa shape index (κ3) is 2.93. The molecule has 102 valence electrons. The average Bonchev–Trinajstić information content (AvgIpc) is 2.48. The number of amides is 1. The van der Waals surface area contributed by atoms with E-state index in [1.807, 2.05) is 6.07 Å². The van der Waals surface area contributed by atoms with Gasteiger partial charge in [0, 0.05) is 12.2 Å². The van der Waals surface area contributed by atoms with Gasteiger partial charge in [-0.1, -0.05) is 6.07 Å². The van der Waals surface area contributed by atoms with Gasteiger partial charge in [0.05, 0.1) is 25.4 Å². The van der Waals surface area contributed by atoms with Crippen LogP contribution in [0, 0.1) is 0 Å². The van der Waals surface area contributed by atoms with Crippen LogP contribution in [0.1, 0.15) is 29.8 Å². The normalized spacial score (nSPS) is 30.4. The van der Waals surface area contributed by atoms with E-state index >= 15 is 0 Å². The fourth-order valence-electron chi connectivity index (χ4n) is 2.75. The summed E-state index contributed by atoms with van der Waals surface area (Å²) in [5.74, 6) is -0.110. The summed E-state index contributed by atoms with van der Waals surface area (Å²) in [4.78, 5) is 16.1. The van der Waals surface area contributed by atoms with Gasteiger partial charge in [-0.25, -0.2) is 0 Å². The van der Waals surface area contributed by atoms with Crippen LogP contribution in [-0.2, 0) is 9.47 Å². The number of nitrogens with zero attached hydrogens (tertiary/aromatic N) is 1. The Labute approximate surface area is 112 Å². The predicted octanol–water partition coefficient (Wildman–Crippen LogP) is 1.15. The molecule has 5 nitrogen and oxygen atoms in total. The summed E-state index contributed by atoms with van der Waals surface area (Å²) in [6.07, 6.45) is 4.65. The first-order chi connectivity index (χ1) is 9.33. The molecule has 0 aromatic carbocycles. The highest BCUT2D eigenvalue weighted by Gasteiger charge is 2.34. The molecule has 1 saturated heterocycles. The van der Waals surface area contributed by atoms with E-state index in [-0.39, 0.29) is 24.2 Å². The Kier molecular flexibility index (Phi) is 3.75. The van der Waals surface area contributed by atoms with Crippen LogP contribution in [0.25, 0.3) is 0 Å². The molecule has 5 heteroatoms. The third-order valence-electron chi connectivity index (χ3n) is 3.71. The van der Waals surface area contributed by atoms with E-state index in [1.54, 1.807) is 18.3 Å². The van der Waals surface area contributed by atoms with Crippen LogP contribution >= 0.6 is 0 Å². The van der Waals surface area contributed by atoms with Crippen molar-refractivity contribution in [1.82, 2.24) is 10.3 Å². The quantitative estimate of drug-likeness (QED) is 0.868. The van der Waals surface area contributed by atoms with Gasteiger partial charge in [-0.3, -0.25) is 9.78 Å². The summed E-state index contributed by atoms with van der Waals surface area (Å²) in [7, 11) is 0. The maximum Gasteiger partial charge on any atom is 0.270 e. The number of hydrogen-bond donors (Lipinski definition) is 1. The molecule has 0 spiro atoms. The highest BCUT2D eigenvalue weighted by molar-refractivity contribution is 5.92. The molecule has 19 heavy (non-hydrogen) atoms. The Morgan fingerprint density at radius 3 is 2.84 bits per heavy atom. The van der Waals surface area contributed by atoms with Gasteiger partial charge >= 0.3 is 0 Å². The first kappa shape index (κ1) is 12.6. The first-order valence-corrected chi connectivity index (χ1v) is 6.78. The number of pyridine rings is 1. The number of carbonyl (C=O) groups is 1. The van der Waals surface area contributed by atoms with Crippen LogP contribution in [-0.4, -0.2) is 42.4 Å². The van der Waals surface area contributed by atoms with Gasteiger partial charge in [-0.15, -0.1) is 0 Å². The van der Waals surface area contributed by atoms with E-state index in [1.165, 1.54) is 0 Å². The Bertz CT molecular complexity index is 438. The molecule has 1 aromatic rings. The number of carbonyl (C=O) groups excluding carboxylic acids is 1. The molecule has 2 fully saturated rings. The zero-order valence-corrected chi connectivity index (χ0v) is 10.7. The number of rotatable bonds is 2. The fourth-order valence-corrected chi connectivity index (χ4v) is 2.75. The summed E-state index contributed by atoms with van der Waals surface area (Å²) >= 11 is 0. The zero-order valence-electron chi connectivity index (χ0n) is 10.7. The van der Waals surface area contributed by atoms with E-state index < -0.39 is 0 Å². The minimum Gasteiger partial charge on any atom is -0.373 e. The van der Waals surface area contributed by atoms with Crippen LogP contribution in [0.3, 0.4) is 0 Å². The number of hydrogen-bond acceptors (Lipinski definition) is 4. The highest BCUT2D eigenvalue weighted by atomic mass is 16.6. The maximum absolute atomic E-state index is 12.0. The van der Waals surface area contributed by atoms with E-state index in [4.69, 9.17) is 9.47 Å². The fraction of sp³-hybridized carbons (Fsp3) is 0.571. The lowest BCUT2D eigenvalue weighted by molar-refractivity contribution is -0.157. The van der Waals surface area contributed by atoms with Gasteiger partial charge in [0.25, 0.3) is 5.91 Å². The molecule has 1 aliphatic carbocycles. The monoisotopic (exact) mass is 262 g/mol. The van der Waals surface area contributed by atoms with Gasteiger partial charge in [0.2, 0.25) is 0 Å². The Morgan fingerprint density at radius 1 is 1.21 bits per heavy atom. The van der Waals surface area contributed by atoms with Crippen molar-refractivity contribution in [3.05, 3.63) is 30.1 Å². The number of fused-ring (bicyclic) bond motifs is 1. The second kappa shape index (κ2) is 5.67. The molecule has 3 rings (SSSR count). The third-order valence-corrected chi connectivity index (χ3v) is 3.71. The van der Waals surface area contributed by atoms with Crippen molar-refractivity contribution in [2.45, 2.75) is 37.5 Å². The van der Waals surface area contributed by atoms with Crippen molar-refractivity contribution >= 4 is 5.91 Å². The molecule has 1 amide bonds. The second-order valence-electron chi connectivity index (χ2n) is 5.02. The molecular weight excluding hydrogens is 244 g/mol. The smallest absolute Gasteiger partial charge is 0.270 e. The van der Waals surface area contributed by atoms with Gasteiger partial charge in [0.1, 0.15) is 5.69 Å². The number of aromatic nitrogens is 1. The minimum atomic E-state index is -0.110. The lowest BCUT2D eigenvalue weighted by atomic mass is 9.89. The molecule has 1 aliphatic heterocycles. The van der Waals surface area contributed by atoms with Gasteiger partial charge in [0.15, 0.2) is 0 Å². The summed E-state index contributed by atoms with van der Waals surface area (Å²) in [5.41, 5.74) is 0.463. The van der Waals surface area contributed by atoms with Crippen LogP contribution in [0.4, 0.5) is 0 Å². The SMILES string of the molecule is O=C(NC1CCC2OCCOC2C1)c1ccccn1. The van der Waals surface area contributed by atoms with E-state index in [9.17, 15) is 4.79 Å². The Morgan fingerprint density at radius 2 is 2.05 bits per heavy atom. The standard InChI is InChI=1S/C14H18N2O3/c17-14(11-3-1-2-6-15-11)16-10-4-5-12-13(9-10)19-8-7-18-12/h1-3,6,10,12-13H,4-5,7-9H2,(H,16,17). The summed E-state index contributed by atoms with van der Waals surface area (Å²) in [5, 5.41) is 3.03. The topological polar surface area (TPSA) is 60.5 Å². The number of ether oxygens (including phenoxy) is 2. The zero-order chi connectivity index (χ0) is 13.1. The van der Waals surface area contributed by atoms with Crippen molar-refractivity contribution in [2.75, 3.05) is 13.2 Å². The lowest BCUT2D eigenvalue weighted by Crippen LogP contribution is -2.49. The van der Waals surface area contributed by atoms with E-state index in [0.717, 1.165) is 19.3 Å².